The van der Waals surface area contributed by atoms with Gasteiger partial charge in [-0.2, -0.15) is 5.10 Å². The number of hydrogen-bond donors (Lipinski definition) is 2. The first-order chi connectivity index (χ1) is 9.15. The van der Waals surface area contributed by atoms with Crippen LogP contribution >= 0.6 is 22.9 Å². The third-order valence-corrected chi connectivity index (χ3v) is 4.13. The van der Waals surface area contributed by atoms with E-state index >= 15 is 0 Å². The third kappa shape index (κ3) is 3.33. The Kier molecular flexibility index (Phi) is 4.93. The molecule has 0 fully saturated rings. The van der Waals surface area contributed by atoms with E-state index < -0.39 is 0 Å². The summed E-state index contributed by atoms with van der Waals surface area (Å²) >= 11 is 7.87. The van der Waals surface area contributed by atoms with Crippen molar-refractivity contribution in [3.8, 4) is 0 Å². The Morgan fingerprint density at radius 2 is 2.37 bits per heavy atom. The smallest absolute Gasteiger partial charge is 0.0948 e. The van der Waals surface area contributed by atoms with Crippen LogP contribution < -0.4 is 11.3 Å². The van der Waals surface area contributed by atoms with Crippen LogP contribution in [0.25, 0.3) is 0 Å². The van der Waals surface area contributed by atoms with Crippen LogP contribution in [-0.4, -0.2) is 14.8 Å². The number of hydrogen-bond acceptors (Lipinski definition) is 5. The molecule has 7 heteroatoms. The highest BCUT2D eigenvalue weighted by atomic mass is 35.5. The van der Waals surface area contributed by atoms with Crippen LogP contribution in [0.3, 0.4) is 0 Å². The lowest BCUT2D eigenvalue weighted by Crippen LogP contribution is -2.31. The van der Waals surface area contributed by atoms with Crippen LogP contribution in [0.15, 0.2) is 11.6 Å². The van der Waals surface area contributed by atoms with Crippen molar-refractivity contribution < 1.29 is 0 Å². The molecular formula is C12H18ClN5S. The molecule has 2 heterocycles. The molecule has 104 valence electrons. The fraction of sp³-hybridized carbons (Fsp3) is 0.500. The first-order valence-corrected chi connectivity index (χ1v) is 7.49. The Morgan fingerprint density at radius 1 is 1.58 bits per heavy atom. The maximum Gasteiger partial charge on any atom is 0.0948 e. The lowest BCUT2D eigenvalue weighted by Gasteiger charge is -2.17. The molecule has 0 aliphatic carbocycles. The summed E-state index contributed by atoms with van der Waals surface area (Å²) < 4.78 is 1.91. The lowest BCUT2D eigenvalue weighted by molar-refractivity contribution is 0.477. The average molecular weight is 300 g/mol. The van der Waals surface area contributed by atoms with Crippen LogP contribution in [0.2, 0.25) is 5.02 Å². The molecule has 5 nitrogen and oxygen atoms in total. The minimum absolute atomic E-state index is 0.0768. The van der Waals surface area contributed by atoms with Crippen molar-refractivity contribution in [2.75, 3.05) is 0 Å². The number of rotatable bonds is 6. The number of halogens is 1. The summed E-state index contributed by atoms with van der Waals surface area (Å²) in [7, 11) is 0. The number of aromatic nitrogens is 3. The van der Waals surface area contributed by atoms with Crippen molar-refractivity contribution in [3.63, 3.8) is 0 Å². The fourth-order valence-corrected chi connectivity index (χ4v) is 3.11. The van der Waals surface area contributed by atoms with Gasteiger partial charge >= 0.3 is 0 Å². The minimum atomic E-state index is -0.0768. The highest BCUT2D eigenvalue weighted by Gasteiger charge is 2.20. The molecule has 0 radical (unpaired) electrons. The Labute approximate surface area is 121 Å². The standard InChI is InChI=1S/C12H18ClN5S/c1-3-4-18-12(9(13)6-15-18)10(17-14)5-11-16-8(2)7-19-11/h6-7,10,17H,3-5,14H2,1-2H3. The highest BCUT2D eigenvalue weighted by Crippen LogP contribution is 2.26. The number of aryl methyl sites for hydroxylation is 2. The van der Waals surface area contributed by atoms with E-state index in [0.29, 0.717) is 11.4 Å². The first kappa shape index (κ1) is 14.5. The normalized spacial score (nSPS) is 12.8. The number of hydrazine groups is 1. The SMILES string of the molecule is CCCn1ncc(Cl)c1C(Cc1nc(C)cs1)NN. The minimum Gasteiger partial charge on any atom is -0.271 e. The van der Waals surface area contributed by atoms with Crippen LogP contribution in [0.1, 0.15) is 35.8 Å². The van der Waals surface area contributed by atoms with E-state index in [9.17, 15) is 0 Å². The summed E-state index contributed by atoms with van der Waals surface area (Å²) in [5.41, 5.74) is 4.78. The molecule has 0 aromatic carbocycles. The van der Waals surface area contributed by atoms with E-state index in [1.165, 1.54) is 0 Å². The summed E-state index contributed by atoms with van der Waals surface area (Å²) in [5.74, 6) is 5.68. The molecule has 0 saturated carbocycles. The van der Waals surface area contributed by atoms with Crippen LogP contribution in [0.5, 0.6) is 0 Å². The molecule has 1 atom stereocenters. The van der Waals surface area contributed by atoms with Gasteiger partial charge in [0.2, 0.25) is 0 Å². The van der Waals surface area contributed by atoms with E-state index in [1.807, 2.05) is 17.0 Å². The predicted molar refractivity (Wildman–Crippen MR) is 78.1 cm³/mol. The number of nitrogens with one attached hydrogen (secondary N) is 1. The van der Waals surface area contributed by atoms with Crippen molar-refractivity contribution in [1.82, 2.24) is 20.2 Å². The van der Waals surface area contributed by atoms with Gasteiger partial charge in [-0.05, 0) is 13.3 Å². The van der Waals surface area contributed by atoms with E-state index in [2.05, 4.69) is 22.4 Å². The van der Waals surface area contributed by atoms with Crippen molar-refractivity contribution in [2.24, 2.45) is 5.84 Å². The van der Waals surface area contributed by atoms with Crippen LogP contribution in [0, 0.1) is 6.92 Å². The van der Waals surface area contributed by atoms with Crippen molar-refractivity contribution >= 4 is 22.9 Å². The number of thiazole rings is 1. The molecule has 2 aromatic rings. The zero-order valence-electron chi connectivity index (χ0n) is 11.1. The summed E-state index contributed by atoms with van der Waals surface area (Å²) in [6.07, 6.45) is 3.38. The molecule has 1 unspecified atom stereocenters. The second kappa shape index (κ2) is 6.47. The van der Waals surface area contributed by atoms with Crippen LogP contribution in [-0.2, 0) is 13.0 Å². The summed E-state index contributed by atoms with van der Waals surface area (Å²) in [5, 5.41) is 8.01. The fourth-order valence-electron chi connectivity index (χ4n) is 2.01. The predicted octanol–water partition coefficient (Wildman–Crippen LogP) is 2.46. The van der Waals surface area contributed by atoms with Gasteiger partial charge in [0.15, 0.2) is 0 Å². The van der Waals surface area contributed by atoms with Gasteiger partial charge in [0.25, 0.3) is 0 Å². The molecule has 2 aromatic heterocycles. The van der Waals surface area contributed by atoms with Crippen LogP contribution in [0.4, 0.5) is 0 Å². The van der Waals surface area contributed by atoms with E-state index in [1.54, 1.807) is 17.5 Å². The Hall–Kier alpha value is -0.950. The van der Waals surface area contributed by atoms with Gasteiger partial charge in [0.05, 0.1) is 28.0 Å². The second-order valence-electron chi connectivity index (χ2n) is 4.41. The van der Waals surface area contributed by atoms with Gasteiger partial charge in [-0.15, -0.1) is 11.3 Å². The molecule has 0 bridgehead atoms. The quantitative estimate of drug-likeness (QED) is 0.635. The maximum atomic E-state index is 6.23. The second-order valence-corrected chi connectivity index (χ2v) is 5.76. The maximum absolute atomic E-state index is 6.23. The van der Waals surface area contributed by atoms with Gasteiger partial charge < -0.3 is 0 Å². The molecule has 19 heavy (non-hydrogen) atoms. The van der Waals surface area contributed by atoms with Gasteiger partial charge in [0.1, 0.15) is 0 Å². The van der Waals surface area contributed by atoms with Crippen molar-refractivity contribution in [3.05, 3.63) is 33.0 Å². The molecule has 0 aliphatic heterocycles. The topological polar surface area (TPSA) is 68.8 Å². The third-order valence-electron chi connectivity index (χ3n) is 2.85. The molecular weight excluding hydrogens is 282 g/mol. The number of nitrogens with two attached hydrogens (primary N) is 1. The Balaban J connectivity index is 2.23. The molecule has 0 spiro atoms. The van der Waals surface area contributed by atoms with Gasteiger partial charge in [-0.1, -0.05) is 18.5 Å². The lowest BCUT2D eigenvalue weighted by atomic mass is 10.1. The van der Waals surface area contributed by atoms with E-state index in [0.717, 1.165) is 29.4 Å². The molecule has 2 rings (SSSR count). The van der Waals surface area contributed by atoms with Crippen molar-refractivity contribution in [2.45, 2.75) is 39.3 Å². The molecule has 0 amide bonds. The summed E-state index contributed by atoms with van der Waals surface area (Å²) in [6, 6.07) is -0.0768. The zero-order valence-corrected chi connectivity index (χ0v) is 12.6. The van der Waals surface area contributed by atoms with Gasteiger partial charge in [-0.25, -0.2) is 4.98 Å². The van der Waals surface area contributed by atoms with Crippen molar-refractivity contribution in [1.29, 1.82) is 0 Å². The first-order valence-electron chi connectivity index (χ1n) is 6.24. The highest BCUT2D eigenvalue weighted by molar-refractivity contribution is 7.09. The number of nitrogens with zero attached hydrogens (tertiary/aromatic N) is 3. The zero-order chi connectivity index (χ0) is 13.8. The van der Waals surface area contributed by atoms with E-state index in [-0.39, 0.29) is 6.04 Å². The van der Waals surface area contributed by atoms with Gasteiger partial charge in [0, 0.05) is 24.0 Å². The molecule has 3 N–H and O–H groups in total. The Morgan fingerprint density at radius 3 is 2.95 bits per heavy atom. The largest absolute Gasteiger partial charge is 0.271 e. The van der Waals surface area contributed by atoms with Gasteiger partial charge in [-0.3, -0.25) is 16.0 Å². The monoisotopic (exact) mass is 299 g/mol. The molecule has 0 aliphatic rings. The van der Waals surface area contributed by atoms with E-state index in [4.69, 9.17) is 17.4 Å². The average Bonchev–Trinajstić information content (AvgIpc) is 2.94. The summed E-state index contributed by atoms with van der Waals surface area (Å²) in [6.45, 7) is 4.92. The summed E-state index contributed by atoms with van der Waals surface area (Å²) in [4.78, 5) is 4.46. The Bertz CT molecular complexity index is 536. The molecule has 0 saturated heterocycles.